The van der Waals surface area contributed by atoms with Crippen LogP contribution in [0.5, 0.6) is 11.5 Å². The first-order chi connectivity index (χ1) is 25.8. The van der Waals surface area contributed by atoms with Crippen molar-refractivity contribution < 1.29 is 4.74 Å². The Balaban J connectivity index is 1.14. The molecule has 0 saturated carbocycles. The Hall–Kier alpha value is -6.70. The number of fused-ring (bicyclic) bond motifs is 13. The monoisotopic (exact) mass is 658 g/mol. The highest BCUT2D eigenvalue weighted by atomic mass is 16.5. The maximum atomic E-state index is 6.49. The van der Waals surface area contributed by atoms with Gasteiger partial charge in [0.25, 0.3) is 0 Å². The van der Waals surface area contributed by atoms with Crippen LogP contribution in [0.15, 0.2) is 182 Å². The Labute approximate surface area is 302 Å². The molecule has 0 saturated heterocycles. The summed E-state index contributed by atoms with van der Waals surface area (Å²) in [6.07, 6.45) is 0. The number of rotatable bonds is 2. The molecule has 1 nitrogen and oxygen atoms in total. The minimum absolute atomic E-state index is 0.419. The largest absolute Gasteiger partial charge is 0.456 e. The Morgan fingerprint density at radius 2 is 0.885 bits per heavy atom. The topological polar surface area (TPSA) is 9.23 Å². The molecular weight excluding hydrogens is 629 g/mol. The fourth-order valence-corrected chi connectivity index (χ4v) is 9.86. The molecule has 9 aromatic rings. The van der Waals surface area contributed by atoms with Crippen molar-refractivity contribution in [2.75, 3.05) is 0 Å². The van der Waals surface area contributed by atoms with Gasteiger partial charge in [0.2, 0.25) is 0 Å². The van der Waals surface area contributed by atoms with E-state index in [1.54, 1.807) is 0 Å². The fraction of sp³-hybridized carbons (Fsp3) is 0.0196. The minimum atomic E-state index is -0.419. The van der Waals surface area contributed by atoms with Crippen molar-refractivity contribution in [2.45, 2.75) is 5.41 Å². The zero-order chi connectivity index (χ0) is 34.0. The number of benzene rings is 9. The van der Waals surface area contributed by atoms with Crippen LogP contribution in [-0.2, 0) is 5.41 Å². The molecule has 0 amide bonds. The molecule has 1 heterocycles. The van der Waals surface area contributed by atoms with Gasteiger partial charge < -0.3 is 4.74 Å². The van der Waals surface area contributed by atoms with Gasteiger partial charge in [0, 0.05) is 10.9 Å². The van der Waals surface area contributed by atoms with Crippen molar-refractivity contribution in [1.82, 2.24) is 0 Å². The van der Waals surface area contributed by atoms with Gasteiger partial charge in [-0.25, -0.2) is 0 Å². The molecular formula is C51H30O. The molecule has 9 aromatic carbocycles. The lowest BCUT2D eigenvalue weighted by atomic mass is 9.70. The van der Waals surface area contributed by atoms with E-state index in [-0.39, 0.29) is 0 Å². The molecule has 0 fully saturated rings. The van der Waals surface area contributed by atoms with Crippen LogP contribution < -0.4 is 4.74 Å². The summed E-state index contributed by atoms with van der Waals surface area (Å²) in [7, 11) is 0. The van der Waals surface area contributed by atoms with Crippen molar-refractivity contribution in [1.29, 1.82) is 0 Å². The number of ether oxygens (including phenoxy) is 1. The molecule has 0 N–H and O–H groups in total. The van der Waals surface area contributed by atoms with Gasteiger partial charge in [-0.15, -0.1) is 0 Å². The first-order valence-corrected chi connectivity index (χ1v) is 18.1. The summed E-state index contributed by atoms with van der Waals surface area (Å²) >= 11 is 0. The van der Waals surface area contributed by atoms with Crippen molar-refractivity contribution in [2.24, 2.45) is 0 Å². The van der Waals surface area contributed by atoms with Crippen LogP contribution in [0.3, 0.4) is 0 Å². The molecule has 52 heavy (non-hydrogen) atoms. The Bertz CT molecular complexity index is 3000. The molecule has 1 spiro atoms. The van der Waals surface area contributed by atoms with Crippen molar-refractivity contribution in [3.63, 3.8) is 0 Å². The van der Waals surface area contributed by atoms with E-state index in [1.807, 2.05) is 6.07 Å². The third-order valence-electron chi connectivity index (χ3n) is 11.9. The molecule has 3 aliphatic rings. The summed E-state index contributed by atoms with van der Waals surface area (Å²) in [4.78, 5) is 0. The maximum Gasteiger partial charge on any atom is 0.135 e. The van der Waals surface area contributed by atoms with Gasteiger partial charge in [0.15, 0.2) is 0 Å². The SMILES string of the molecule is c1ccc2c(c1)Oc1ccc(-c3ccccc3-c3cccc4c3-c3ccccc3C43c4ccccc4-c4cc5ccccc5cc43)c3cccc-2c13. The molecule has 240 valence electrons. The summed E-state index contributed by atoms with van der Waals surface area (Å²) in [5, 5.41) is 4.92. The standard InChI is InChI=1S/C51H30O/c1-2-14-32-30-46-42(29-31(32)13-1)36-17-5-8-23-43(36)51(46)44-24-9-6-19-41(44)49-38(22-12-25-45(49)51)34-16-4-3-15-33(34)35-27-28-48-50-39(35)20-11-21-40(50)37-18-7-10-26-47(37)52-48/h1-30H. The summed E-state index contributed by atoms with van der Waals surface area (Å²) in [5.74, 6) is 1.82. The molecule has 2 aliphatic carbocycles. The van der Waals surface area contributed by atoms with Gasteiger partial charge >= 0.3 is 0 Å². The van der Waals surface area contributed by atoms with Crippen LogP contribution in [-0.4, -0.2) is 0 Å². The van der Waals surface area contributed by atoms with E-state index in [9.17, 15) is 0 Å². The van der Waals surface area contributed by atoms with E-state index in [2.05, 4.69) is 176 Å². The third kappa shape index (κ3) is 3.48. The lowest BCUT2D eigenvalue weighted by molar-refractivity contribution is 0.487. The summed E-state index contributed by atoms with van der Waals surface area (Å²) in [5.41, 5.74) is 17.6. The molecule has 1 aliphatic heterocycles. The number of hydrogen-bond acceptors (Lipinski definition) is 1. The summed E-state index contributed by atoms with van der Waals surface area (Å²) in [6, 6.07) is 67.3. The fourth-order valence-electron chi connectivity index (χ4n) is 9.86. The summed E-state index contributed by atoms with van der Waals surface area (Å²) < 4.78 is 6.49. The minimum Gasteiger partial charge on any atom is -0.456 e. The van der Waals surface area contributed by atoms with Gasteiger partial charge in [-0.1, -0.05) is 158 Å². The van der Waals surface area contributed by atoms with E-state index >= 15 is 0 Å². The number of hydrogen-bond donors (Lipinski definition) is 0. The van der Waals surface area contributed by atoms with Gasteiger partial charge in [0.05, 0.1) is 5.41 Å². The highest BCUT2D eigenvalue weighted by Crippen LogP contribution is 2.64. The van der Waals surface area contributed by atoms with Crippen molar-refractivity contribution in [3.8, 4) is 67.1 Å². The highest BCUT2D eigenvalue weighted by Gasteiger charge is 2.52. The predicted molar refractivity (Wildman–Crippen MR) is 214 cm³/mol. The zero-order valence-electron chi connectivity index (χ0n) is 28.2. The van der Waals surface area contributed by atoms with Crippen LogP contribution in [0.2, 0.25) is 0 Å². The van der Waals surface area contributed by atoms with E-state index in [4.69, 9.17) is 4.74 Å². The first kappa shape index (κ1) is 28.0. The van der Waals surface area contributed by atoms with E-state index in [1.165, 1.54) is 93.9 Å². The van der Waals surface area contributed by atoms with E-state index in [0.29, 0.717) is 0 Å². The normalized spacial score (nSPS) is 15.5. The van der Waals surface area contributed by atoms with E-state index in [0.717, 1.165) is 17.1 Å². The molecule has 1 heteroatoms. The molecule has 1 unspecified atom stereocenters. The first-order valence-electron chi connectivity index (χ1n) is 18.1. The second kappa shape index (κ2) is 10.2. The Kier molecular flexibility index (Phi) is 5.49. The zero-order valence-corrected chi connectivity index (χ0v) is 28.2. The lowest BCUT2D eigenvalue weighted by Crippen LogP contribution is -2.25. The van der Waals surface area contributed by atoms with Crippen molar-refractivity contribution >= 4 is 21.5 Å². The van der Waals surface area contributed by atoms with Gasteiger partial charge in [-0.05, 0) is 113 Å². The molecule has 0 bridgehead atoms. The molecule has 12 rings (SSSR count). The third-order valence-corrected chi connectivity index (χ3v) is 11.9. The average molecular weight is 659 g/mol. The van der Waals surface area contributed by atoms with Crippen LogP contribution >= 0.6 is 0 Å². The van der Waals surface area contributed by atoms with Crippen LogP contribution in [0.1, 0.15) is 22.3 Å². The smallest absolute Gasteiger partial charge is 0.135 e. The van der Waals surface area contributed by atoms with Gasteiger partial charge in [-0.3, -0.25) is 0 Å². The van der Waals surface area contributed by atoms with Crippen LogP contribution in [0.25, 0.3) is 77.2 Å². The Morgan fingerprint density at radius 1 is 0.308 bits per heavy atom. The second-order valence-corrected chi connectivity index (χ2v) is 14.3. The van der Waals surface area contributed by atoms with Crippen LogP contribution in [0.4, 0.5) is 0 Å². The van der Waals surface area contributed by atoms with E-state index < -0.39 is 5.41 Å². The molecule has 1 atom stereocenters. The molecule has 0 aromatic heterocycles. The Morgan fingerprint density at radius 3 is 1.71 bits per heavy atom. The van der Waals surface area contributed by atoms with Gasteiger partial charge in [0.1, 0.15) is 11.5 Å². The maximum absolute atomic E-state index is 6.49. The predicted octanol–water partition coefficient (Wildman–Crippen LogP) is 13.4. The quantitative estimate of drug-likeness (QED) is 0.180. The van der Waals surface area contributed by atoms with Crippen molar-refractivity contribution in [3.05, 3.63) is 204 Å². The van der Waals surface area contributed by atoms with Gasteiger partial charge in [-0.2, -0.15) is 0 Å². The van der Waals surface area contributed by atoms with Crippen LogP contribution in [0, 0.1) is 0 Å². The molecule has 0 radical (unpaired) electrons. The average Bonchev–Trinajstić information content (AvgIpc) is 3.67. The summed E-state index contributed by atoms with van der Waals surface area (Å²) in [6.45, 7) is 0. The second-order valence-electron chi connectivity index (χ2n) is 14.3. The number of para-hydroxylation sites is 1. The highest BCUT2D eigenvalue weighted by molar-refractivity contribution is 6.12. The lowest BCUT2D eigenvalue weighted by Gasteiger charge is -2.30.